The Kier molecular flexibility index (Phi) is 3.93. The van der Waals surface area contributed by atoms with Gasteiger partial charge in [-0.25, -0.2) is 4.99 Å². The SMILES string of the molecule is CCN(CC)C1=NC=C(C)C(C)=CC1. The molecular weight excluding hydrogens is 172 g/mol. The first-order valence-electron chi connectivity index (χ1n) is 5.34. The molecule has 1 rings (SSSR count). The fourth-order valence-electron chi connectivity index (χ4n) is 1.53. The Balaban J connectivity index is 2.83. The van der Waals surface area contributed by atoms with Gasteiger partial charge in [0.05, 0.1) is 0 Å². The molecule has 0 fully saturated rings. The van der Waals surface area contributed by atoms with Gasteiger partial charge in [-0.1, -0.05) is 11.6 Å². The lowest BCUT2D eigenvalue weighted by atomic mass is 10.1. The van der Waals surface area contributed by atoms with Crippen molar-refractivity contribution in [3.05, 3.63) is 23.4 Å². The smallest absolute Gasteiger partial charge is 0.108 e. The minimum atomic E-state index is 0.960. The molecule has 14 heavy (non-hydrogen) atoms. The molecule has 0 atom stereocenters. The number of rotatable bonds is 2. The molecule has 2 heteroatoms. The zero-order chi connectivity index (χ0) is 10.6. The summed E-state index contributed by atoms with van der Waals surface area (Å²) in [6.45, 7) is 10.7. The lowest BCUT2D eigenvalue weighted by Gasteiger charge is -2.21. The van der Waals surface area contributed by atoms with Crippen LogP contribution in [0, 0.1) is 0 Å². The lowest BCUT2D eigenvalue weighted by Crippen LogP contribution is -2.29. The number of nitrogens with zero attached hydrogens (tertiary/aromatic N) is 2. The van der Waals surface area contributed by atoms with Crippen LogP contribution < -0.4 is 0 Å². The third kappa shape index (κ3) is 2.47. The summed E-state index contributed by atoms with van der Waals surface area (Å²) in [7, 11) is 0. The van der Waals surface area contributed by atoms with Gasteiger partial charge in [0, 0.05) is 25.7 Å². The van der Waals surface area contributed by atoms with Gasteiger partial charge in [0.15, 0.2) is 0 Å². The summed E-state index contributed by atoms with van der Waals surface area (Å²) in [5.41, 5.74) is 2.61. The van der Waals surface area contributed by atoms with Gasteiger partial charge >= 0.3 is 0 Å². The highest BCUT2D eigenvalue weighted by Gasteiger charge is 2.07. The molecule has 0 bridgehead atoms. The normalized spacial score (nSPS) is 16.7. The molecule has 0 saturated heterocycles. The van der Waals surface area contributed by atoms with E-state index in [0.717, 1.165) is 19.5 Å². The van der Waals surface area contributed by atoms with E-state index in [1.54, 1.807) is 0 Å². The molecular formula is C12H20N2. The van der Waals surface area contributed by atoms with E-state index in [1.807, 2.05) is 6.20 Å². The maximum absolute atomic E-state index is 4.53. The van der Waals surface area contributed by atoms with Crippen LogP contribution in [0.3, 0.4) is 0 Å². The van der Waals surface area contributed by atoms with E-state index >= 15 is 0 Å². The van der Waals surface area contributed by atoms with Crippen LogP contribution in [0.15, 0.2) is 28.4 Å². The molecule has 0 amide bonds. The van der Waals surface area contributed by atoms with Crippen LogP contribution in [0.4, 0.5) is 0 Å². The summed E-state index contributed by atoms with van der Waals surface area (Å²) in [5.74, 6) is 1.19. The molecule has 1 heterocycles. The highest BCUT2D eigenvalue weighted by molar-refractivity contribution is 5.85. The minimum Gasteiger partial charge on any atom is -0.360 e. The summed E-state index contributed by atoms with van der Waals surface area (Å²) in [5, 5.41) is 0. The molecule has 0 saturated carbocycles. The van der Waals surface area contributed by atoms with E-state index in [9.17, 15) is 0 Å². The quantitative estimate of drug-likeness (QED) is 0.656. The molecule has 0 radical (unpaired) electrons. The fourth-order valence-corrected chi connectivity index (χ4v) is 1.53. The topological polar surface area (TPSA) is 15.6 Å². The highest BCUT2D eigenvalue weighted by atomic mass is 15.2. The van der Waals surface area contributed by atoms with Gasteiger partial charge in [-0.3, -0.25) is 0 Å². The number of hydrogen-bond acceptors (Lipinski definition) is 2. The summed E-state index contributed by atoms with van der Waals surface area (Å²) >= 11 is 0. The Morgan fingerprint density at radius 3 is 2.43 bits per heavy atom. The molecule has 0 spiro atoms. The zero-order valence-electron chi connectivity index (χ0n) is 9.67. The Hall–Kier alpha value is -1.05. The largest absolute Gasteiger partial charge is 0.360 e. The molecule has 1 aliphatic heterocycles. The highest BCUT2D eigenvalue weighted by Crippen LogP contribution is 2.14. The summed E-state index contributed by atoms with van der Waals surface area (Å²) in [6, 6.07) is 0. The summed E-state index contributed by atoms with van der Waals surface area (Å²) in [4.78, 5) is 6.83. The van der Waals surface area contributed by atoms with Crippen LogP contribution >= 0.6 is 0 Å². The van der Waals surface area contributed by atoms with Crippen molar-refractivity contribution in [3.63, 3.8) is 0 Å². The van der Waals surface area contributed by atoms with Crippen molar-refractivity contribution >= 4 is 5.84 Å². The van der Waals surface area contributed by atoms with Gasteiger partial charge in [-0.05, 0) is 33.3 Å². The Labute approximate surface area is 87.0 Å². The fraction of sp³-hybridized carbons (Fsp3) is 0.583. The second-order valence-electron chi connectivity index (χ2n) is 3.62. The third-order valence-electron chi connectivity index (χ3n) is 2.75. The average molecular weight is 192 g/mol. The van der Waals surface area contributed by atoms with Gasteiger partial charge in [-0.2, -0.15) is 0 Å². The molecule has 0 aromatic heterocycles. The van der Waals surface area contributed by atoms with Crippen LogP contribution in [0.25, 0.3) is 0 Å². The predicted molar refractivity (Wildman–Crippen MR) is 62.5 cm³/mol. The van der Waals surface area contributed by atoms with E-state index in [4.69, 9.17) is 0 Å². The van der Waals surface area contributed by atoms with E-state index in [2.05, 4.69) is 43.7 Å². The van der Waals surface area contributed by atoms with Crippen molar-refractivity contribution in [1.82, 2.24) is 4.90 Å². The van der Waals surface area contributed by atoms with Gasteiger partial charge in [-0.15, -0.1) is 0 Å². The van der Waals surface area contributed by atoms with Crippen LogP contribution in [-0.2, 0) is 0 Å². The van der Waals surface area contributed by atoms with Crippen molar-refractivity contribution < 1.29 is 0 Å². The number of hydrogen-bond donors (Lipinski definition) is 0. The van der Waals surface area contributed by atoms with E-state index in [-0.39, 0.29) is 0 Å². The molecule has 78 valence electrons. The van der Waals surface area contributed by atoms with Crippen molar-refractivity contribution in [2.24, 2.45) is 4.99 Å². The standard InChI is InChI=1S/C12H20N2/c1-5-14(6-2)12-8-7-10(3)11(4)9-13-12/h7,9H,5-6,8H2,1-4H3. The Morgan fingerprint density at radius 2 is 1.86 bits per heavy atom. The molecule has 2 nitrogen and oxygen atoms in total. The first-order valence-corrected chi connectivity index (χ1v) is 5.34. The first-order chi connectivity index (χ1) is 6.69. The van der Waals surface area contributed by atoms with Crippen molar-refractivity contribution in [2.45, 2.75) is 34.1 Å². The lowest BCUT2D eigenvalue weighted by molar-refractivity contribution is 0.459. The summed E-state index contributed by atoms with van der Waals surface area (Å²) in [6.07, 6.45) is 5.20. The monoisotopic (exact) mass is 192 g/mol. The third-order valence-corrected chi connectivity index (χ3v) is 2.75. The van der Waals surface area contributed by atoms with Crippen LogP contribution in [0.5, 0.6) is 0 Å². The van der Waals surface area contributed by atoms with Gasteiger partial charge < -0.3 is 4.90 Å². The molecule has 0 aromatic carbocycles. The average Bonchev–Trinajstić information content (AvgIpc) is 2.35. The molecule has 0 unspecified atom stereocenters. The van der Waals surface area contributed by atoms with E-state index in [0.29, 0.717) is 0 Å². The Bertz CT molecular complexity index is 281. The maximum atomic E-state index is 4.53. The zero-order valence-corrected chi connectivity index (χ0v) is 9.67. The van der Waals surface area contributed by atoms with Crippen molar-refractivity contribution in [1.29, 1.82) is 0 Å². The van der Waals surface area contributed by atoms with Crippen LogP contribution in [0.1, 0.15) is 34.1 Å². The molecule has 0 aromatic rings. The minimum absolute atomic E-state index is 0.960. The number of allylic oxidation sites excluding steroid dienone is 2. The Morgan fingerprint density at radius 1 is 1.21 bits per heavy atom. The second-order valence-corrected chi connectivity index (χ2v) is 3.62. The van der Waals surface area contributed by atoms with Crippen LogP contribution in [0.2, 0.25) is 0 Å². The van der Waals surface area contributed by atoms with Gasteiger partial charge in [0.2, 0.25) is 0 Å². The van der Waals surface area contributed by atoms with Crippen LogP contribution in [-0.4, -0.2) is 23.8 Å². The van der Waals surface area contributed by atoms with Crippen molar-refractivity contribution in [3.8, 4) is 0 Å². The molecule has 0 aliphatic carbocycles. The molecule has 0 N–H and O–H groups in total. The molecule has 1 aliphatic rings. The van der Waals surface area contributed by atoms with E-state index in [1.165, 1.54) is 17.0 Å². The number of amidine groups is 1. The predicted octanol–water partition coefficient (Wildman–Crippen LogP) is 2.98. The van der Waals surface area contributed by atoms with Gasteiger partial charge in [0.1, 0.15) is 5.84 Å². The van der Waals surface area contributed by atoms with Crippen molar-refractivity contribution in [2.75, 3.05) is 13.1 Å². The maximum Gasteiger partial charge on any atom is 0.108 e. The first kappa shape index (κ1) is 11.0. The number of aliphatic imine (C=N–C) groups is 1. The van der Waals surface area contributed by atoms with Gasteiger partial charge in [0.25, 0.3) is 0 Å². The summed E-state index contributed by atoms with van der Waals surface area (Å²) < 4.78 is 0. The second kappa shape index (κ2) is 4.99. The van der Waals surface area contributed by atoms with E-state index < -0.39 is 0 Å².